The van der Waals surface area contributed by atoms with Gasteiger partial charge in [-0.15, -0.1) is 0 Å². The van der Waals surface area contributed by atoms with Crippen LogP contribution in [0.1, 0.15) is 45.4 Å². The lowest BCUT2D eigenvalue weighted by Gasteiger charge is -2.30. The van der Waals surface area contributed by atoms with Crippen molar-refractivity contribution in [2.45, 2.75) is 57.5 Å². The van der Waals surface area contributed by atoms with Crippen molar-refractivity contribution in [3.8, 4) is 0 Å². The second kappa shape index (κ2) is 9.57. The van der Waals surface area contributed by atoms with Crippen molar-refractivity contribution in [1.82, 2.24) is 20.6 Å². The predicted molar refractivity (Wildman–Crippen MR) is 115 cm³/mol. The number of aromatic nitrogens is 2. The Kier molecular flexibility index (Phi) is 6.90. The lowest BCUT2D eigenvalue weighted by molar-refractivity contribution is 0.231. The summed E-state index contributed by atoms with van der Waals surface area (Å²) in [4.78, 5) is 23.4. The molecule has 7 nitrogen and oxygen atoms in total. The highest BCUT2D eigenvalue weighted by molar-refractivity contribution is 5.90. The molecule has 3 rings (SSSR count). The molecule has 1 aromatic carbocycles. The van der Waals surface area contributed by atoms with Gasteiger partial charge < -0.3 is 20.9 Å². The van der Waals surface area contributed by atoms with Crippen LogP contribution in [0.3, 0.4) is 0 Å². The van der Waals surface area contributed by atoms with Crippen molar-refractivity contribution in [2.24, 2.45) is 0 Å². The standard InChI is InChI=1S/C21H32N6O/c1-4-5-14-22-21(28)24-16-12-10-15(11-13-16)23-20-25-18-9-7-6-8-17(18)19(26-20)27(2)3/h6-9,15-16H,4-5,10-14H2,1-3H3,(H2,22,24,28)(H,23,25,26)/t15-,16+. The first-order valence-electron chi connectivity index (χ1n) is 10.3. The minimum Gasteiger partial charge on any atom is -0.362 e. The molecule has 0 atom stereocenters. The van der Waals surface area contributed by atoms with Crippen molar-refractivity contribution >= 4 is 28.7 Å². The zero-order valence-corrected chi connectivity index (χ0v) is 17.2. The number of urea groups is 1. The van der Waals surface area contributed by atoms with E-state index in [1.807, 2.05) is 37.2 Å². The van der Waals surface area contributed by atoms with Crippen LogP contribution in [0.25, 0.3) is 10.9 Å². The van der Waals surface area contributed by atoms with E-state index < -0.39 is 0 Å². The Morgan fingerprint density at radius 3 is 2.54 bits per heavy atom. The van der Waals surface area contributed by atoms with Crippen LogP contribution in [-0.4, -0.2) is 48.7 Å². The summed E-state index contributed by atoms with van der Waals surface area (Å²) in [6.07, 6.45) is 6.02. The summed E-state index contributed by atoms with van der Waals surface area (Å²) in [7, 11) is 4.00. The predicted octanol–water partition coefficient (Wildman–Crippen LogP) is 3.52. The molecule has 28 heavy (non-hydrogen) atoms. The van der Waals surface area contributed by atoms with Gasteiger partial charge in [0, 0.05) is 38.1 Å². The summed E-state index contributed by atoms with van der Waals surface area (Å²) in [6.45, 7) is 2.86. The number of hydrogen-bond acceptors (Lipinski definition) is 5. The second-order valence-electron chi connectivity index (χ2n) is 7.73. The molecule has 2 aromatic rings. The van der Waals surface area contributed by atoms with E-state index in [2.05, 4.69) is 28.9 Å². The maximum atomic E-state index is 11.9. The molecule has 152 valence electrons. The Balaban J connectivity index is 1.55. The molecular formula is C21H32N6O. The largest absolute Gasteiger partial charge is 0.362 e. The molecular weight excluding hydrogens is 352 g/mol. The Labute approximate surface area is 167 Å². The summed E-state index contributed by atoms with van der Waals surface area (Å²) in [5, 5.41) is 10.6. The lowest BCUT2D eigenvalue weighted by Crippen LogP contribution is -2.45. The van der Waals surface area contributed by atoms with E-state index in [1.54, 1.807) is 0 Å². The van der Waals surface area contributed by atoms with Crippen LogP contribution in [0, 0.1) is 0 Å². The number of hydrogen-bond donors (Lipinski definition) is 3. The first kappa shape index (κ1) is 20.2. The number of anilines is 2. The van der Waals surface area contributed by atoms with Gasteiger partial charge in [0.15, 0.2) is 0 Å². The third-order valence-corrected chi connectivity index (χ3v) is 5.22. The minimum absolute atomic E-state index is 0.0432. The van der Waals surface area contributed by atoms with Crippen molar-refractivity contribution in [2.75, 3.05) is 30.9 Å². The fourth-order valence-corrected chi connectivity index (χ4v) is 3.65. The third-order valence-electron chi connectivity index (χ3n) is 5.22. The Morgan fingerprint density at radius 1 is 1.11 bits per heavy atom. The zero-order chi connectivity index (χ0) is 19.9. The Bertz CT molecular complexity index is 786. The molecule has 0 unspecified atom stereocenters. The van der Waals surface area contributed by atoms with Crippen molar-refractivity contribution in [3.63, 3.8) is 0 Å². The van der Waals surface area contributed by atoms with Crippen molar-refractivity contribution < 1.29 is 4.79 Å². The molecule has 1 fully saturated rings. The fourth-order valence-electron chi connectivity index (χ4n) is 3.65. The zero-order valence-electron chi connectivity index (χ0n) is 17.2. The highest BCUT2D eigenvalue weighted by atomic mass is 16.2. The van der Waals surface area contributed by atoms with Gasteiger partial charge in [0.05, 0.1) is 5.52 Å². The topological polar surface area (TPSA) is 82.2 Å². The molecule has 1 heterocycles. The maximum absolute atomic E-state index is 11.9. The molecule has 0 aliphatic heterocycles. The number of nitrogens with zero attached hydrogens (tertiary/aromatic N) is 3. The molecule has 0 bridgehead atoms. The number of rotatable bonds is 7. The van der Waals surface area contributed by atoms with E-state index in [0.29, 0.717) is 12.0 Å². The molecule has 1 aliphatic carbocycles. The number of fused-ring (bicyclic) bond motifs is 1. The summed E-state index contributed by atoms with van der Waals surface area (Å²) in [5.41, 5.74) is 0.947. The first-order chi connectivity index (χ1) is 13.6. The maximum Gasteiger partial charge on any atom is 0.315 e. The number of benzene rings is 1. The molecule has 1 aliphatic rings. The number of para-hydroxylation sites is 1. The van der Waals surface area contributed by atoms with Gasteiger partial charge >= 0.3 is 6.03 Å². The van der Waals surface area contributed by atoms with Gasteiger partial charge in [0.1, 0.15) is 5.82 Å². The van der Waals surface area contributed by atoms with Crippen molar-refractivity contribution in [1.29, 1.82) is 0 Å². The number of carbonyl (C=O) groups excluding carboxylic acids is 1. The molecule has 0 saturated heterocycles. The molecule has 1 aromatic heterocycles. The Hall–Kier alpha value is -2.57. The molecule has 7 heteroatoms. The van der Waals surface area contributed by atoms with E-state index in [0.717, 1.165) is 61.8 Å². The van der Waals surface area contributed by atoms with Crippen LogP contribution >= 0.6 is 0 Å². The minimum atomic E-state index is -0.0432. The average molecular weight is 385 g/mol. The van der Waals surface area contributed by atoms with Gasteiger partial charge in [0.25, 0.3) is 0 Å². The molecule has 1 saturated carbocycles. The van der Waals surface area contributed by atoms with Gasteiger partial charge in [-0.1, -0.05) is 25.5 Å². The molecule has 0 spiro atoms. The fraction of sp³-hybridized carbons (Fsp3) is 0.571. The average Bonchev–Trinajstić information content (AvgIpc) is 2.69. The Morgan fingerprint density at radius 2 is 1.82 bits per heavy atom. The molecule has 0 radical (unpaired) electrons. The van der Waals surface area contributed by atoms with E-state index >= 15 is 0 Å². The van der Waals surface area contributed by atoms with Crippen LogP contribution in [0.2, 0.25) is 0 Å². The van der Waals surface area contributed by atoms with Gasteiger partial charge in [-0.2, -0.15) is 4.98 Å². The molecule has 3 N–H and O–H groups in total. The number of amides is 2. The number of unbranched alkanes of at least 4 members (excludes halogenated alkanes) is 1. The monoisotopic (exact) mass is 384 g/mol. The molecule has 2 amide bonds. The van der Waals surface area contributed by atoms with Crippen LogP contribution in [0.5, 0.6) is 0 Å². The van der Waals surface area contributed by atoms with Crippen LogP contribution in [0.4, 0.5) is 16.6 Å². The lowest BCUT2D eigenvalue weighted by atomic mass is 9.91. The normalized spacial score (nSPS) is 19.2. The summed E-state index contributed by atoms with van der Waals surface area (Å²) < 4.78 is 0. The van der Waals surface area contributed by atoms with Crippen LogP contribution in [0.15, 0.2) is 24.3 Å². The highest BCUT2D eigenvalue weighted by Crippen LogP contribution is 2.26. The third kappa shape index (κ3) is 5.24. The van der Waals surface area contributed by atoms with E-state index in [4.69, 9.17) is 9.97 Å². The highest BCUT2D eigenvalue weighted by Gasteiger charge is 2.23. The van der Waals surface area contributed by atoms with Crippen LogP contribution in [-0.2, 0) is 0 Å². The van der Waals surface area contributed by atoms with Gasteiger partial charge in [-0.25, -0.2) is 9.78 Å². The summed E-state index contributed by atoms with van der Waals surface area (Å²) in [5.74, 6) is 1.60. The second-order valence-corrected chi connectivity index (χ2v) is 7.73. The summed E-state index contributed by atoms with van der Waals surface area (Å²) >= 11 is 0. The van der Waals surface area contributed by atoms with E-state index in [9.17, 15) is 4.79 Å². The van der Waals surface area contributed by atoms with E-state index in [1.165, 1.54) is 0 Å². The van der Waals surface area contributed by atoms with Gasteiger partial charge in [-0.05, 0) is 44.2 Å². The smallest absolute Gasteiger partial charge is 0.315 e. The van der Waals surface area contributed by atoms with Gasteiger partial charge in [-0.3, -0.25) is 0 Å². The van der Waals surface area contributed by atoms with Crippen LogP contribution < -0.4 is 20.9 Å². The number of nitrogens with one attached hydrogen (secondary N) is 3. The number of carbonyl (C=O) groups is 1. The SMILES string of the molecule is CCCCNC(=O)N[C@H]1CC[C@@H](Nc2nc(N(C)C)c3ccccc3n2)CC1. The van der Waals surface area contributed by atoms with Gasteiger partial charge in [0.2, 0.25) is 5.95 Å². The van der Waals surface area contributed by atoms with Crippen molar-refractivity contribution in [3.05, 3.63) is 24.3 Å². The first-order valence-corrected chi connectivity index (χ1v) is 10.3. The summed E-state index contributed by atoms with van der Waals surface area (Å²) in [6, 6.07) is 8.62. The van der Waals surface area contributed by atoms with E-state index in [-0.39, 0.29) is 12.1 Å². The quantitative estimate of drug-likeness (QED) is 0.636.